The number of unbranched alkanes of at least 4 members (excludes halogenated alkanes) is 2. The monoisotopic (exact) mass is 1290 g/mol. The molecule has 6 aromatic rings. The van der Waals surface area contributed by atoms with Crippen molar-refractivity contribution in [3.8, 4) is 23.3 Å². The zero-order chi connectivity index (χ0) is 64.3. The summed E-state index contributed by atoms with van der Waals surface area (Å²) in [5.74, 6) is 3.82. The number of fused-ring (bicyclic) bond motifs is 2. The van der Waals surface area contributed by atoms with Crippen molar-refractivity contribution < 1.29 is 42.1 Å². The molecule has 0 spiro atoms. The molecule has 23 heteroatoms. The van der Waals surface area contributed by atoms with Crippen molar-refractivity contribution in [1.29, 1.82) is 0 Å². The zero-order valence-electron chi connectivity index (χ0n) is 51.8. The Kier molecular flexibility index (Phi) is 19.0. The maximum absolute atomic E-state index is 14.2. The van der Waals surface area contributed by atoms with E-state index in [2.05, 4.69) is 82.7 Å². The number of nitrogens with one attached hydrogen (secondary N) is 4. The van der Waals surface area contributed by atoms with Crippen molar-refractivity contribution in [2.75, 3.05) is 82.2 Å². The number of aromatic amines is 1. The van der Waals surface area contributed by atoms with Gasteiger partial charge >= 0.3 is 0 Å². The number of sulfonamides is 1. The molecule has 480 valence electrons. The van der Waals surface area contributed by atoms with E-state index in [9.17, 15) is 42.5 Å². The Balaban J connectivity index is 0.612. The van der Waals surface area contributed by atoms with Gasteiger partial charge in [0.25, 0.3) is 33.4 Å². The van der Waals surface area contributed by atoms with Gasteiger partial charge in [-0.2, -0.15) is 0 Å². The lowest BCUT2D eigenvalue weighted by Gasteiger charge is -2.42. The van der Waals surface area contributed by atoms with Gasteiger partial charge in [-0.1, -0.05) is 61.1 Å². The number of ether oxygens (including phenoxy) is 1. The standard InChI is InChI=1S/C69H76ClN11O10S/c1-69(2)27-21-49(57(41-69)46-11-13-50(70)14-12-46)44-77-34-36-79(37-35-77)52-15-17-55(61(39-52)91-53-38-48-22-28-71-64(48)73-43-53)65(83)75-92(89,90)54-16-18-58(60(40-54)81(87)88)72-42-45-23-32-78(33-24-45)51-25-30-76(31-26-51)29-6-4-3-5-8-47-9-7-10-56-63(47)68(86)80(67(56)85)59-19-20-62(82)74-66(59)84/h7,9-18,22,28,38-40,43,45,51,59,72H,3-4,6,19-21,23-27,29-37,41-42,44H2,1-2H3,(H,71,73)(H,75,83)(H,74,82,84). The molecular formula is C69H76ClN11O10S. The number of anilines is 2. The van der Waals surface area contributed by atoms with E-state index < -0.39 is 61.1 Å². The molecule has 21 nitrogen and oxygen atoms in total. The van der Waals surface area contributed by atoms with Crippen molar-refractivity contribution in [1.82, 2.24) is 39.6 Å². The molecule has 4 N–H and O–H groups in total. The number of piperazine rings is 1. The number of carbonyl (C=O) groups excluding carboxylic acids is 5. The number of aromatic nitrogens is 2. The predicted molar refractivity (Wildman–Crippen MR) is 351 cm³/mol. The molecule has 1 unspecified atom stereocenters. The van der Waals surface area contributed by atoms with Gasteiger partial charge in [0.15, 0.2) is 0 Å². The van der Waals surface area contributed by atoms with E-state index in [1.807, 2.05) is 18.2 Å². The summed E-state index contributed by atoms with van der Waals surface area (Å²) < 4.78 is 36.6. The number of nitro benzene ring substituents is 1. The number of piperidine rings is 3. The maximum Gasteiger partial charge on any atom is 0.293 e. The van der Waals surface area contributed by atoms with Crippen LogP contribution in [-0.4, -0.2) is 157 Å². The molecule has 5 amide bonds. The highest BCUT2D eigenvalue weighted by molar-refractivity contribution is 7.90. The van der Waals surface area contributed by atoms with Crippen LogP contribution in [-0.2, 0) is 19.6 Å². The first-order chi connectivity index (χ1) is 44.3. The molecule has 1 aliphatic carbocycles. The van der Waals surface area contributed by atoms with Gasteiger partial charge in [0.05, 0.1) is 32.7 Å². The second-order valence-corrected chi connectivity index (χ2v) is 27.9. The SMILES string of the molecule is CC1(C)CCC(CN2CCN(c3ccc(C(=O)NS(=O)(=O)c4ccc(NCC5CCN(C6CCN(CCCCC#Cc7cccc8c7C(=O)N(C7CCC(=O)NC7=O)C8=O)CC6)CC5)c([N+](=O)[O-])c4)c(Oc4cnc5[nH]ccc5c4)c3)CC2)=C(c2ccc(Cl)cc2)C1. The van der Waals surface area contributed by atoms with Gasteiger partial charge in [-0.3, -0.25) is 49.2 Å². The Morgan fingerprint density at radius 1 is 0.859 bits per heavy atom. The molecule has 4 fully saturated rings. The van der Waals surface area contributed by atoms with Crippen molar-refractivity contribution >= 4 is 84.8 Å². The summed E-state index contributed by atoms with van der Waals surface area (Å²) in [6.45, 7) is 13.8. The molecule has 0 radical (unpaired) electrons. The number of amides is 5. The van der Waals surface area contributed by atoms with E-state index in [-0.39, 0.29) is 52.3 Å². The van der Waals surface area contributed by atoms with Gasteiger partial charge in [-0.15, -0.1) is 0 Å². The second-order valence-electron chi connectivity index (χ2n) is 25.8. The summed E-state index contributed by atoms with van der Waals surface area (Å²) in [6.07, 6.45) is 13.0. The van der Waals surface area contributed by atoms with E-state index in [0.29, 0.717) is 49.1 Å². The number of hydrogen-bond acceptors (Lipinski definition) is 16. The fourth-order valence-corrected chi connectivity index (χ4v) is 14.9. The van der Waals surface area contributed by atoms with E-state index in [0.717, 1.165) is 137 Å². The average molecular weight is 1290 g/mol. The number of pyridine rings is 1. The summed E-state index contributed by atoms with van der Waals surface area (Å²) in [6, 6.07) is 24.9. The molecule has 92 heavy (non-hydrogen) atoms. The summed E-state index contributed by atoms with van der Waals surface area (Å²) >= 11 is 6.28. The van der Waals surface area contributed by atoms with Gasteiger partial charge < -0.3 is 29.7 Å². The Morgan fingerprint density at radius 2 is 1.64 bits per heavy atom. The van der Waals surface area contributed by atoms with E-state index in [1.165, 1.54) is 35.0 Å². The fourth-order valence-electron chi connectivity index (χ4n) is 13.8. The van der Waals surface area contributed by atoms with Gasteiger partial charge in [-0.25, -0.2) is 18.1 Å². The van der Waals surface area contributed by atoms with Gasteiger partial charge in [0.1, 0.15) is 28.9 Å². The van der Waals surface area contributed by atoms with Crippen LogP contribution in [0.25, 0.3) is 16.6 Å². The van der Waals surface area contributed by atoms with Gasteiger partial charge in [-0.05, 0) is 180 Å². The summed E-state index contributed by atoms with van der Waals surface area (Å²) in [5.41, 5.74) is 6.31. The third-order valence-corrected chi connectivity index (χ3v) is 20.6. The van der Waals surface area contributed by atoms with Gasteiger partial charge in [0.2, 0.25) is 11.8 Å². The maximum atomic E-state index is 14.2. The zero-order valence-corrected chi connectivity index (χ0v) is 53.4. The molecule has 5 aliphatic heterocycles. The Hall–Kier alpha value is -8.46. The highest BCUT2D eigenvalue weighted by Gasteiger charge is 2.45. The number of carbonyl (C=O) groups is 5. The number of likely N-dealkylation sites (tertiary alicyclic amines) is 2. The molecule has 0 bridgehead atoms. The number of hydrogen-bond donors (Lipinski definition) is 4. The molecule has 4 aromatic carbocycles. The molecule has 1 atom stereocenters. The fraction of sp³-hybridized carbons (Fsp3) is 0.420. The minimum atomic E-state index is -4.63. The minimum absolute atomic E-state index is 0.0522. The number of imide groups is 2. The Bertz CT molecular complexity index is 4060. The third kappa shape index (κ3) is 14.4. The van der Waals surface area contributed by atoms with Crippen LogP contribution in [0.4, 0.5) is 17.1 Å². The lowest BCUT2D eigenvalue weighted by atomic mass is 9.72. The number of benzene rings is 4. The highest BCUT2D eigenvalue weighted by atomic mass is 35.5. The van der Waals surface area contributed by atoms with Crippen molar-refractivity contribution in [2.24, 2.45) is 11.3 Å². The number of nitrogens with zero attached hydrogens (tertiary/aromatic N) is 7. The number of rotatable bonds is 19. The molecule has 0 saturated carbocycles. The summed E-state index contributed by atoms with van der Waals surface area (Å²) in [7, 11) is -4.63. The first-order valence-corrected chi connectivity index (χ1v) is 33.8. The Morgan fingerprint density at radius 3 is 2.40 bits per heavy atom. The quantitative estimate of drug-likeness (QED) is 0.0193. The van der Waals surface area contributed by atoms with Crippen molar-refractivity contribution in [3.63, 3.8) is 0 Å². The average Bonchev–Trinajstić information content (AvgIpc) is 1.60. The highest BCUT2D eigenvalue weighted by Crippen LogP contribution is 2.44. The molecule has 12 rings (SSSR count). The van der Waals surface area contributed by atoms with Crippen molar-refractivity contribution in [2.45, 2.75) is 108 Å². The Labute approximate surface area is 540 Å². The van der Waals surface area contributed by atoms with Crippen LogP contribution in [0.2, 0.25) is 5.02 Å². The minimum Gasteiger partial charge on any atom is -0.455 e. The predicted octanol–water partition coefficient (Wildman–Crippen LogP) is 10.0. The molecule has 7 heterocycles. The lowest BCUT2D eigenvalue weighted by Crippen LogP contribution is -2.54. The normalized spacial score (nSPS) is 19.6. The van der Waals surface area contributed by atoms with Crippen LogP contribution in [0.3, 0.4) is 0 Å². The number of halogens is 1. The summed E-state index contributed by atoms with van der Waals surface area (Å²) in [4.78, 5) is 94.8. The third-order valence-electron chi connectivity index (χ3n) is 19.1. The number of nitro groups is 1. The second kappa shape index (κ2) is 27.4. The molecular weight excluding hydrogens is 1210 g/mol. The molecule has 4 saturated heterocycles. The van der Waals surface area contributed by atoms with Crippen LogP contribution >= 0.6 is 11.6 Å². The first kappa shape index (κ1) is 63.7. The van der Waals surface area contributed by atoms with Crippen LogP contribution in [0.5, 0.6) is 11.5 Å². The molecule has 6 aliphatic rings. The van der Waals surface area contributed by atoms with Crippen LogP contribution in [0.15, 0.2) is 114 Å². The summed E-state index contributed by atoms with van der Waals surface area (Å²) in [5, 5.41) is 19.5. The lowest BCUT2D eigenvalue weighted by molar-refractivity contribution is -0.384. The van der Waals surface area contributed by atoms with Gasteiger partial charge in [0, 0.05) is 98.1 Å². The van der Waals surface area contributed by atoms with Crippen LogP contribution in [0.1, 0.15) is 133 Å². The smallest absolute Gasteiger partial charge is 0.293 e. The van der Waals surface area contributed by atoms with E-state index >= 15 is 0 Å². The van der Waals surface area contributed by atoms with E-state index in [1.54, 1.807) is 48.7 Å². The number of allylic oxidation sites excluding steroid dienone is 1. The topological polar surface area (TPSA) is 253 Å². The largest absolute Gasteiger partial charge is 0.455 e. The van der Waals surface area contributed by atoms with Crippen LogP contribution < -0.4 is 25.0 Å². The van der Waals surface area contributed by atoms with Crippen LogP contribution in [0, 0.1) is 33.3 Å². The van der Waals surface area contributed by atoms with E-state index in [4.69, 9.17) is 16.3 Å². The van der Waals surface area contributed by atoms with Crippen molar-refractivity contribution in [3.05, 3.63) is 152 Å². The first-order valence-electron chi connectivity index (χ1n) is 31.9. The molecule has 2 aromatic heterocycles. The number of H-pyrrole nitrogens is 1.